The van der Waals surface area contributed by atoms with E-state index in [0.29, 0.717) is 34.8 Å². The van der Waals surface area contributed by atoms with Gasteiger partial charge in [0.1, 0.15) is 22.6 Å². The van der Waals surface area contributed by atoms with Crippen molar-refractivity contribution >= 4 is 28.3 Å². The van der Waals surface area contributed by atoms with Crippen LogP contribution >= 0.6 is 11.6 Å². The summed E-state index contributed by atoms with van der Waals surface area (Å²) < 4.78 is 12.0. The van der Waals surface area contributed by atoms with E-state index in [2.05, 4.69) is 15.1 Å². The molecule has 1 aliphatic heterocycles. The Bertz CT molecular complexity index is 1350. The van der Waals surface area contributed by atoms with Crippen LogP contribution in [0.2, 0.25) is 5.02 Å². The van der Waals surface area contributed by atoms with Gasteiger partial charge >= 0.3 is 0 Å². The number of hydrogen-bond acceptors (Lipinski definition) is 7. The standard InChI is InChI=1S/C22H20ClN5O4/c1-31-17-7-8-18(32-2)19-12(17)10-27(11-16(19)29)15-9-24-28(21(30)20(15)23)22-25-13-5-3-4-6-14(13)26-22/h3-9,16,29H,10-11H2,1-2H3,(H,25,26)/t16-/m1/s1. The van der Waals surface area contributed by atoms with E-state index in [1.807, 2.05) is 24.3 Å². The maximum Gasteiger partial charge on any atom is 0.295 e. The van der Waals surface area contributed by atoms with Crippen molar-refractivity contribution < 1.29 is 14.6 Å². The topological polar surface area (TPSA) is 106 Å². The average molecular weight is 454 g/mol. The van der Waals surface area contributed by atoms with E-state index in [4.69, 9.17) is 21.1 Å². The van der Waals surface area contributed by atoms with Gasteiger partial charge in [-0.3, -0.25) is 4.79 Å². The second-order valence-electron chi connectivity index (χ2n) is 7.40. The van der Waals surface area contributed by atoms with Crippen LogP contribution in [-0.2, 0) is 6.54 Å². The molecule has 3 heterocycles. The lowest BCUT2D eigenvalue weighted by Crippen LogP contribution is -2.36. The summed E-state index contributed by atoms with van der Waals surface area (Å²) in [5.41, 5.74) is 2.84. The van der Waals surface area contributed by atoms with E-state index < -0.39 is 11.7 Å². The summed E-state index contributed by atoms with van der Waals surface area (Å²) in [7, 11) is 3.12. The summed E-state index contributed by atoms with van der Waals surface area (Å²) in [5.74, 6) is 1.47. The molecule has 5 rings (SSSR count). The number of imidazole rings is 1. The minimum atomic E-state index is -0.863. The summed E-state index contributed by atoms with van der Waals surface area (Å²) in [6, 6.07) is 11.0. The molecule has 0 saturated carbocycles. The van der Waals surface area contributed by atoms with Crippen LogP contribution in [0.1, 0.15) is 17.2 Å². The van der Waals surface area contributed by atoms with Gasteiger partial charge in [-0.25, -0.2) is 4.98 Å². The number of hydrogen-bond donors (Lipinski definition) is 2. The highest BCUT2D eigenvalue weighted by molar-refractivity contribution is 6.33. The Morgan fingerprint density at radius 3 is 2.66 bits per heavy atom. The first kappa shape index (κ1) is 20.3. The second-order valence-corrected chi connectivity index (χ2v) is 7.77. The molecular weight excluding hydrogens is 434 g/mol. The van der Waals surface area contributed by atoms with Crippen molar-refractivity contribution in [3.05, 3.63) is 69.1 Å². The van der Waals surface area contributed by atoms with Crippen LogP contribution in [0.3, 0.4) is 0 Å². The number of ether oxygens (including phenoxy) is 2. The van der Waals surface area contributed by atoms with Crippen LogP contribution in [-0.4, -0.2) is 45.6 Å². The number of β-amino-alcohol motifs (C(OH)–C–C–N with tert-alkyl or cyclic N) is 1. The highest BCUT2D eigenvalue weighted by Crippen LogP contribution is 2.41. The average Bonchev–Trinajstić information content (AvgIpc) is 3.23. The van der Waals surface area contributed by atoms with Crippen LogP contribution in [0.4, 0.5) is 5.69 Å². The van der Waals surface area contributed by atoms with Crippen molar-refractivity contribution in [3.8, 4) is 17.4 Å². The molecular formula is C22H20ClN5O4. The van der Waals surface area contributed by atoms with Crippen LogP contribution in [0.15, 0.2) is 47.4 Å². The van der Waals surface area contributed by atoms with Crippen molar-refractivity contribution in [2.45, 2.75) is 12.6 Å². The molecule has 0 aliphatic carbocycles. The monoisotopic (exact) mass is 453 g/mol. The zero-order chi connectivity index (χ0) is 22.4. The van der Waals surface area contributed by atoms with Crippen molar-refractivity contribution in [2.24, 2.45) is 0 Å². The number of fused-ring (bicyclic) bond motifs is 2. The molecule has 0 amide bonds. The number of rotatable bonds is 4. The number of aromatic nitrogens is 4. The van der Waals surface area contributed by atoms with E-state index in [0.717, 1.165) is 15.8 Å². The predicted octanol–water partition coefficient (Wildman–Crippen LogP) is 2.83. The number of halogens is 1. The Morgan fingerprint density at radius 2 is 1.91 bits per heavy atom. The zero-order valence-electron chi connectivity index (χ0n) is 17.4. The quantitative estimate of drug-likeness (QED) is 0.489. The van der Waals surface area contributed by atoms with E-state index in [-0.39, 0.29) is 17.5 Å². The molecule has 2 aromatic carbocycles. The van der Waals surface area contributed by atoms with Gasteiger partial charge in [0.15, 0.2) is 0 Å². The lowest BCUT2D eigenvalue weighted by molar-refractivity contribution is 0.169. The maximum atomic E-state index is 13.0. The van der Waals surface area contributed by atoms with Crippen molar-refractivity contribution in [3.63, 3.8) is 0 Å². The number of aliphatic hydroxyl groups excluding tert-OH is 1. The van der Waals surface area contributed by atoms with Gasteiger partial charge in [-0.05, 0) is 24.3 Å². The Balaban J connectivity index is 1.55. The van der Waals surface area contributed by atoms with Crippen LogP contribution in [0, 0.1) is 0 Å². The summed E-state index contributed by atoms with van der Waals surface area (Å²) >= 11 is 6.49. The summed E-state index contributed by atoms with van der Waals surface area (Å²) in [4.78, 5) is 22.3. The minimum absolute atomic E-state index is 0.0158. The van der Waals surface area contributed by atoms with Crippen molar-refractivity contribution in [1.29, 1.82) is 0 Å². The first-order valence-corrected chi connectivity index (χ1v) is 10.3. The molecule has 1 atom stereocenters. The molecule has 164 valence electrons. The van der Waals surface area contributed by atoms with Gasteiger partial charge in [0, 0.05) is 24.2 Å². The Hall–Kier alpha value is -3.56. The number of H-pyrrole nitrogens is 1. The van der Waals surface area contributed by atoms with Gasteiger partial charge in [-0.1, -0.05) is 23.7 Å². The molecule has 0 unspecified atom stereocenters. The van der Waals surface area contributed by atoms with Crippen molar-refractivity contribution in [1.82, 2.24) is 19.7 Å². The first-order valence-electron chi connectivity index (χ1n) is 9.91. The number of para-hydroxylation sites is 2. The molecule has 0 spiro atoms. The smallest absolute Gasteiger partial charge is 0.295 e. The molecule has 0 bridgehead atoms. The molecule has 0 fully saturated rings. The Kier molecular flexibility index (Phi) is 4.99. The number of nitrogens with zero attached hydrogens (tertiary/aromatic N) is 4. The SMILES string of the molecule is COc1ccc(OC)c2c1CN(c1cnn(-c3nc4ccccc4[nH]3)c(=O)c1Cl)C[C@H]2O. The highest BCUT2D eigenvalue weighted by atomic mass is 35.5. The van der Waals surface area contributed by atoms with Gasteiger partial charge in [-0.2, -0.15) is 9.78 Å². The van der Waals surface area contributed by atoms with Crippen LogP contribution in [0.25, 0.3) is 17.0 Å². The summed E-state index contributed by atoms with van der Waals surface area (Å²) in [6.07, 6.45) is 0.638. The van der Waals surface area contributed by atoms with Crippen LogP contribution in [0.5, 0.6) is 11.5 Å². The molecule has 2 aromatic heterocycles. The number of aromatic amines is 1. The molecule has 1 aliphatic rings. The lowest BCUT2D eigenvalue weighted by Gasteiger charge is -2.35. The Morgan fingerprint density at radius 1 is 1.16 bits per heavy atom. The fourth-order valence-corrected chi connectivity index (χ4v) is 4.34. The Labute approximate surface area is 187 Å². The summed E-state index contributed by atoms with van der Waals surface area (Å²) in [5, 5.41) is 15.1. The number of anilines is 1. The normalized spacial score (nSPS) is 15.6. The second kappa shape index (κ2) is 7.85. The third kappa shape index (κ3) is 3.17. The van der Waals surface area contributed by atoms with E-state index >= 15 is 0 Å². The molecule has 4 aromatic rings. The van der Waals surface area contributed by atoms with E-state index in [1.165, 1.54) is 6.20 Å². The highest BCUT2D eigenvalue weighted by Gasteiger charge is 2.31. The molecule has 2 N–H and O–H groups in total. The molecule has 9 nitrogen and oxygen atoms in total. The minimum Gasteiger partial charge on any atom is -0.496 e. The number of nitrogens with one attached hydrogen (secondary N) is 1. The fraction of sp³-hybridized carbons (Fsp3) is 0.227. The van der Waals surface area contributed by atoms with E-state index in [1.54, 1.807) is 31.3 Å². The maximum absolute atomic E-state index is 13.0. The van der Waals surface area contributed by atoms with Gasteiger partial charge in [-0.15, -0.1) is 0 Å². The van der Waals surface area contributed by atoms with Crippen molar-refractivity contribution in [2.75, 3.05) is 25.7 Å². The van der Waals surface area contributed by atoms with Gasteiger partial charge < -0.3 is 24.5 Å². The molecule has 32 heavy (non-hydrogen) atoms. The number of methoxy groups -OCH3 is 2. The zero-order valence-corrected chi connectivity index (χ0v) is 18.1. The van der Waals surface area contributed by atoms with Crippen LogP contribution < -0.4 is 19.9 Å². The molecule has 0 saturated heterocycles. The third-order valence-corrected chi connectivity index (χ3v) is 5.96. The van der Waals surface area contributed by atoms with Gasteiger partial charge in [0.25, 0.3) is 5.56 Å². The fourth-order valence-electron chi connectivity index (χ4n) is 4.09. The largest absolute Gasteiger partial charge is 0.496 e. The van der Waals surface area contributed by atoms with Gasteiger partial charge in [0.2, 0.25) is 5.95 Å². The van der Waals surface area contributed by atoms with E-state index in [9.17, 15) is 9.90 Å². The number of benzene rings is 2. The summed E-state index contributed by atoms with van der Waals surface area (Å²) in [6.45, 7) is 0.578. The lowest BCUT2D eigenvalue weighted by atomic mass is 9.95. The first-order chi connectivity index (χ1) is 15.5. The molecule has 10 heteroatoms. The van der Waals surface area contributed by atoms with Gasteiger partial charge in [0.05, 0.1) is 37.1 Å². The number of aliphatic hydroxyl groups is 1. The third-order valence-electron chi connectivity index (χ3n) is 5.61. The predicted molar refractivity (Wildman–Crippen MR) is 120 cm³/mol. The molecule has 0 radical (unpaired) electrons.